The van der Waals surface area contributed by atoms with Gasteiger partial charge in [-0.2, -0.15) is 0 Å². The molecule has 2 aromatic rings. The maximum atomic E-state index is 12.3. The lowest BCUT2D eigenvalue weighted by Crippen LogP contribution is -2.34. The molecule has 2 aliphatic rings. The van der Waals surface area contributed by atoms with Gasteiger partial charge in [-0.25, -0.2) is 4.79 Å². The summed E-state index contributed by atoms with van der Waals surface area (Å²) in [4.78, 5) is 35.6. The van der Waals surface area contributed by atoms with Gasteiger partial charge in [0, 0.05) is 24.9 Å². The number of hydrogen-bond acceptors (Lipinski definition) is 4. The molecule has 2 aromatic carbocycles. The zero-order chi connectivity index (χ0) is 24.1. The van der Waals surface area contributed by atoms with E-state index in [0.29, 0.717) is 38.6 Å². The van der Waals surface area contributed by atoms with Crippen LogP contribution in [0.15, 0.2) is 48.5 Å². The largest absolute Gasteiger partial charge is 0.481 e. The third-order valence-corrected chi connectivity index (χ3v) is 6.95. The second-order valence-electron chi connectivity index (χ2n) is 9.46. The van der Waals surface area contributed by atoms with Crippen molar-refractivity contribution in [1.29, 1.82) is 0 Å². The molecule has 2 amide bonds. The van der Waals surface area contributed by atoms with E-state index >= 15 is 0 Å². The molecule has 0 bridgehead atoms. The number of carboxylic acid groups (broad SMARTS) is 1. The highest BCUT2D eigenvalue weighted by atomic mass is 16.5. The number of carboxylic acids is 1. The number of hydrogen-bond donors (Lipinski definition) is 3. The number of amides is 2. The van der Waals surface area contributed by atoms with E-state index in [4.69, 9.17) is 9.84 Å². The fraction of sp³-hybridized carbons (Fsp3) is 0.444. The van der Waals surface area contributed by atoms with Crippen LogP contribution in [0.4, 0.5) is 4.79 Å². The Balaban J connectivity index is 1.17. The van der Waals surface area contributed by atoms with Crippen LogP contribution >= 0.6 is 0 Å². The molecular formula is C27H32N2O5. The Hall–Kier alpha value is -3.35. The number of nitrogens with one attached hydrogen (secondary N) is 2. The van der Waals surface area contributed by atoms with Gasteiger partial charge in [0.15, 0.2) is 0 Å². The first-order chi connectivity index (χ1) is 16.4. The van der Waals surface area contributed by atoms with Crippen LogP contribution < -0.4 is 10.6 Å². The average Bonchev–Trinajstić information content (AvgIpc) is 3.43. The SMILES string of the molecule is CC(CCC(=O)N[C@@H]1CC[C@H](C(=O)O)C1)CNC(=O)OCC1c2ccccc2-c2ccccc21. The van der Waals surface area contributed by atoms with Crippen LogP contribution in [0.3, 0.4) is 0 Å². The van der Waals surface area contributed by atoms with Crippen molar-refractivity contribution in [3.63, 3.8) is 0 Å². The molecular weight excluding hydrogens is 432 g/mol. The Morgan fingerprint density at radius 3 is 2.29 bits per heavy atom. The Kier molecular flexibility index (Phi) is 7.50. The molecule has 0 aromatic heterocycles. The van der Waals surface area contributed by atoms with Gasteiger partial charge >= 0.3 is 12.1 Å². The molecule has 1 fully saturated rings. The lowest BCUT2D eigenvalue weighted by atomic mass is 9.98. The number of benzene rings is 2. The summed E-state index contributed by atoms with van der Waals surface area (Å²) in [7, 11) is 0. The van der Waals surface area contributed by atoms with E-state index in [9.17, 15) is 14.4 Å². The average molecular weight is 465 g/mol. The van der Waals surface area contributed by atoms with Gasteiger partial charge in [0.25, 0.3) is 0 Å². The van der Waals surface area contributed by atoms with Crippen LogP contribution in [-0.2, 0) is 14.3 Å². The molecule has 0 saturated heterocycles. The standard InChI is InChI=1S/C27H32N2O5/c1-17(10-13-25(30)29-19-12-11-18(14-19)26(31)32)15-28-27(33)34-16-24-22-8-4-2-6-20(22)21-7-3-5-9-23(21)24/h2-9,17-19,24H,10-16H2,1H3,(H,28,33)(H,29,30)(H,31,32)/t17?,18-,19+/m0/s1. The van der Waals surface area contributed by atoms with Crippen molar-refractivity contribution in [2.24, 2.45) is 11.8 Å². The zero-order valence-corrected chi connectivity index (χ0v) is 19.5. The van der Waals surface area contributed by atoms with E-state index in [2.05, 4.69) is 34.9 Å². The van der Waals surface area contributed by atoms with Crippen LogP contribution in [0.2, 0.25) is 0 Å². The van der Waals surface area contributed by atoms with E-state index in [0.717, 1.165) is 0 Å². The van der Waals surface area contributed by atoms with Gasteiger partial charge in [-0.05, 0) is 53.9 Å². The Morgan fingerprint density at radius 1 is 1.03 bits per heavy atom. The van der Waals surface area contributed by atoms with Crippen molar-refractivity contribution in [3.05, 3.63) is 59.7 Å². The molecule has 0 heterocycles. The smallest absolute Gasteiger partial charge is 0.407 e. The molecule has 3 N–H and O–H groups in total. The predicted molar refractivity (Wildman–Crippen MR) is 128 cm³/mol. The normalized spacial score (nSPS) is 19.7. The predicted octanol–water partition coefficient (Wildman–Crippen LogP) is 4.31. The van der Waals surface area contributed by atoms with E-state index in [1.54, 1.807) is 0 Å². The minimum absolute atomic E-state index is 0.0237. The molecule has 34 heavy (non-hydrogen) atoms. The topological polar surface area (TPSA) is 105 Å². The highest BCUT2D eigenvalue weighted by Gasteiger charge is 2.31. The first-order valence-corrected chi connectivity index (χ1v) is 12.0. The van der Waals surface area contributed by atoms with E-state index in [1.165, 1.54) is 22.3 Å². The fourth-order valence-corrected chi connectivity index (χ4v) is 5.02. The highest BCUT2D eigenvalue weighted by Crippen LogP contribution is 2.44. The molecule has 2 aliphatic carbocycles. The summed E-state index contributed by atoms with van der Waals surface area (Å²) in [6.45, 7) is 2.68. The van der Waals surface area contributed by atoms with Crippen LogP contribution in [0.5, 0.6) is 0 Å². The van der Waals surface area contributed by atoms with Gasteiger partial charge in [-0.1, -0.05) is 55.5 Å². The number of rotatable bonds is 9. The minimum Gasteiger partial charge on any atom is -0.481 e. The van der Waals surface area contributed by atoms with Crippen molar-refractivity contribution in [2.45, 2.75) is 51.0 Å². The number of ether oxygens (including phenoxy) is 1. The van der Waals surface area contributed by atoms with Crippen molar-refractivity contribution < 1.29 is 24.2 Å². The number of fused-ring (bicyclic) bond motifs is 3. The number of aliphatic carboxylic acids is 1. The second-order valence-corrected chi connectivity index (χ2v) is 9.46. The van der Waals surface area contributed by atoms with Gasteiger partial charge in [0.05, 0.1) is 5.92 Å². The molecule has 180 valence electrons. The number of carbonyl (C=O) groups is 3. The first kappa shape index (κ1) is 23.8. The molecule has 4 rings (SSSR count). The van der Waals surface area contributed by atoms with Crippen LogP contribution in [0, 0.1) is 11.8 Å². The lowest BCUT2D eigenvalue weighted by molar-refractivity contribution is -0.141. The third-order valence-electron chi connectivity index (χ3n) is 6.95. The maximum absolute atomic E-state index is 12.3. The monoisotopic (exact) mass is 464 g/mol. The van der Waals surface area contributed by atoms with Crippen LogP contribution in [-0.4, -0.2) is 42.3 Å². The Bertz CT molecular complexity index is 1010. The maximum Gasteiger partial charge on any atom is 0.407 e. The summed E-state index contributed by atoms with van der Waals surface area (Å²) in [5, 5.41) is 14.8. The van der Waals surface area contributed by atoms with Gasteiger partial charge < -0.3 is 20.5 Å². The molecule has 0 spiro atoms. The van der Waals surface area contributed by atoms with Crippen LogP contribution in [0.1, 0.15) is 56.1 Å². The van der Waals surface area contributed by atoms with E-state index < -0.39 is 12.1 Å². The molecule has 1 unspecified atom stereocenters. The van der Waals surface area contributed by atoms with Crippen molar-refractivity contribution in [2.75, 3.05) is 13.2 Å². The highest BCUT2D eigenvalue weighted by molar-refractivity contribution is 5.79. The molecule has 7 heteroatoms. The summed E-state index contributed by atoms with van der Waals surface area (Å²) in [6, 6.07) is 16.4. The summed E-state index contributed by atoms with van der Waals surface area (Å²) < 4.78 is 5.56. The molecule has 7 nitrogen and oxygen atoms in total. The van der Waals surface area contributed by atoms with Gasteiger partial charge in [-0.3, -0.25) is 9.59 Å². The number of carbonyl (C=O) groups excluding carboxylic acids is 2. The summed E-state index contributed by atoms with van der Waals surface area (Å²) in [6.07, 6.45) is 2.35. The first-order valence-electron chi connectivity index (χ1n) is 12.0. The fourth-order valence-electron chi connectivity index (χ4n) is 5.02. The molecule has 0 aliphatic heterocycles. The zero-order valence-electron chi connectivity index (χ0n) is 19.5. The van der Waals surface area contributed by atoms with Crippen LogP contribution in [0.25, 0.3) is 11.1 Å². The minimum atomic E-state index is -0.787. The molecule has 1 saturated carbocycles. The Morgan fingerprint density at radius 2 is 1.68 bits per heavy atom. The van der Waals surface area contributed by atoms with E-state index in [1.807, 2.05) is 31.2 Å². The Labute approximate surface area is 199 Å². The van der Waals surface area contributed by atoms with E-state index in [-0.39, 0.29) is 36.3 Å². The van der Waals surface area contributed by atoms with Gasteiger partial charge in [0.1, 0.15) is 6.61 Å². The summed E-state index contributed by atoms with van der Waals surface area (Å²) in [5.41, 5.74) is 4.73. The summed E-state index contributed by atoms with van der Waals surface area (Å²) in [5.74, 6) is -1.07. The number of alkyl carbamates (subject to hydrolysis) is 1. The molecule has 0 radical (unpaired) electrons. The molecule has 3 atom stereocenters. The van der Waals surface area contributed by atoms with Crippen molar-refractivity contribution in [1.82, 2.24) is 10.6 Å². The summed E-state index contributed by atoms with van der Waals surface area (Å²) >= 11 is 0. The lowest BCUT2D eigenvalue weighted by Gasteiger charge is -2.17. The third kappa shape index (κ3) is 5.58. The van der Waals surface area contributed by atoms with Crippen molar-refractivity contribution in [3.8, 4) is 11.1 Å². The van der Waals surface area contributed by atoms with Crippen molar-refractivity contribution >= 4 is 18.0 Å². The second kappa shape index (κ2) is 10.7. The van der Waals surface area contributed by atoms with Gasteiger partial charge in [0.2, 0.25) is 5.91 Å². The van der Waals surface area contributed by atoms with Gasteiger partial charge in [-0.15, -0.1) is 0 Å². The quantitative estimate of drug-likeness (QED) is 0.513.